The van der Waals surface area contributed by atoms with Crippen LogP contribution < -0.4 is 5.73 Å². The molecule has 1 heterocycles. The Morgan fingerprint density at radius 2 is 2.29 bits per heavy atom. The number of nitrogens with zero attached hydrogens (tertiary/aromatic N) is 1. The maximum Gasteiger partial charge on any atom is 0.260 e. The predicted octanol–water partition coefficient (Wildman–Crippen LogP) is 3.29. The summed E-state index contributed by atoms with van der Waals surface area (Å²) in [5.41, 5.74) is 7.51. The zero-order valence-corrected chi connectivity index (χ0v) is 11.0. The number of oxazole rings is 1. The van der Waals surface area contributed by atoms with Crippen LogP contribution in [0.3, 0.4) is 0 Å². The Kier molecular flexibility index (Phi) is 4.10. The number of aryl methyl sites for hydroxylation is 1. The third-order valence-corrected chi connectivity index (χ3v) is 3.59. The topological polar surface area (TPSA) is 52.0 Å². The molecule has 0 bridgehead atoms. The first-order valence-corrected chi connectivity index (χ1v) is 6.47. The molecule has 0 saturated carbocycles. The molecule has 17 heavy (non-hydrogen) atoms. The Hall–Kier alpha value is -0.970. The molecule has 0 radical (unpaired) electrons. The van der Waals surface area contributed by atoms with Crippen LogP contribution >= 0.6 is 23.4 Å². The summed E-state index contributed by atoms with van der Waals surface area (Å²) in [6, 6.07) is 5.93. The monoisotopic (exact) mass is 268 g/mol. The van der Waals surface area contributed by atoms with Crippen LogP contribution in [0.25, 0.3) is 0 Å². The van der Waals surface area contributed by atoms with E-state index in [1.165, 1.54) is 11.8 Å². The summed E-state index contributed by atoms with van der Waals surface area (Å²) in [5.74, 6) is 0. The maximum atomic E-state index is 6.19. The molecule has 2 N–H and O–H groups in total. The van der Waals surface area contributed by atoms with Gasteiger partial charge in [0.05, 0.1) is 10.7 Å². The van der Waals surface area contributed by atoms with Crippen LogP contribution in [-0.4, -0.2) is 11.5 Å². The van der Waals surface area contributed by atoms with E-state index in [4.69, 9.17) is 21.8 Å². The molecule has 0 amide bonds. The molecular formula is C12H13ClN2OS. The average molecular weight is 269 g/mol. The van der Waals surface area contributed by atoms with Crippen molar-refractivity contribution in [2.75, 3.05) is 6.54 Å². The number of aromatic nitrogens is 1. The fourth-order valence-corrected chi connectivity index (χ4v) is 2.51. The van der Waals surface area contributed by atoms with E-state index in [0.29, 0.717) is 16.8 Å². The fourth-order valence-electron chi connectivity index (χ4n) is 1.42. The molecule has 0 atom stereocenters. The highest BCUT2D eigenvalue weighted by atomic mass is 35.5. The van der Waals surface area contributed by atoms with Gasteiger partial charge < -0.3 is 10.2 Å². The van der Waals surface area contributed by atoms with Crippen molar-refractivity contribution in [1.82, 2.24) is 4.98 Å². The summed E-state index contributed by atoms with van der Waals surface area (Å²) in [7, 11) is 0. The molecule has 0 aliphatic rings. The SMILES string of the molecule is Cc1coc(Sc2ccc(CCN)cc2Cl)n1. The van der Waals surface area contributed by atoms with Gasteiger partial charge in [0.1, 0.15) is 6.26 Å². The largest absolute Gasteiger partial charge is 0.439 e. The van der Waals surface area contributed by atoms with Gasteiger partial charge in [-0.1, -0.05) is 17.7 Å². The van der Waals surface area contributed by atoms with Crippen LogP contribution in [0.4, 0.5) is 0 Å². The zero-order chi connectivity index (χ0) is 12.3. The van der Waals surface area contributed by atoms with Crippen molar-refractivity contribution in [3.05, 3.63) is 40.7 Å². The minimum absolute atomic E-state index is 0.607. The van der Waals surface area contributed by atoms with Crippen LogP contribution in [0.2, 0.25) is 5.02 Å². The zero-order valence-electron chi connectivity index (χ0n) is 9.44. The lowest BCUT2D eigenvalue weighted by atomic mass is 10.1. The lowest BCUT2D eigenvalue weighted by molar-refractivity contribution is 0.454. The average Bonchev–Trinajstić information content (AvgIpc) is 2.69. The standard InChI is InChI=1S/C12H13ClN2OS/c1-8-7-16-12(15-8)17-11-3-2-9(4-5-14)6-10(11)13/h2-3,6-7H,4-5,14H2,1H3. The predicted molar refractivity (Wildman–Crippen MR) is 69.6 cm³/mol. The molecule has 3 nitrogen and oxygen atoms in total. The second-order valence-corrected chi connectivity index (χ2v) is 5.06. The van der Waals surface area contributed by atoms with Crippen molar-refractivity contribution in [2.24, 2.45) is 5.73 Å². The van der Waals surface area contributed by atoms with Crippen molar-refractivity contribution in [1.29, 1.82) is 0 Å². The second-order valence-electron chi connectivity index (χ2n) is 3.66. The van der Waals surface area contributed by atoms with Crippen molar-refractivity contribution < 1.29 is 4.42 Å². The third-order valence-electron chi connectivity index (χ3n) is 2.22. The van der Waals surface area contributed by atoms with Crippen molar-refractivity contribution in [3.63, 3.8) is 0 Å². The van der Waals surface area contributed by atoms with Crippen LogP contribution in [0.5, 0.6) is 0 Å². The van der Waals surface area contributed by atoms with Gasteiger partial charge in [-0.3, -0.25) is 0 Å². The minimum Gasteiger partial charge on any atom is -0.439 e. The highest BCUT2D eigenvalue weighted by Crippen LogP contribution is 2.33. The summed E-state index contributed by atoms with van der Waals surface area (Å²) in [5, 5.41) is 1.31. The molecule has 0 spiro atoms. The molecule has 5 heteroatoms. The molecule has 2 rings (SSSR count). The van der Waals surface area contributed by atoms with Crippen molar-refractivity contribution >= 4 is 23.4 Å². The highest BCUT2D eigenvalue weighted by molar-refractivity contribution is 7.99. The summed E-state index contributed by atoms with van der Waals surface area (Å²) in [4.78, 5) is 5.16. The Morgan fingerprint density at radius 1 is 1.47 bits per heavy atom. The van der Waals surface area contributed by atoms with Crippen molar-refractivity contribution in [2.45, 2.75) is 23.5 Å². The van der Waals surface area contributed by atoms with Crippen LogP contribution in [0.1, 0.15) is 11.3 Å². The number of rotatable bonds is 4. The van der Waals surface area contributed by atoms with Crippen LogP contribution in [-0.2, 0) is 6.42 Å². The molecule has 0 aliphatic heterocycles. The molecule has 0 unspecified atom stereocenters. The lowest BCUT2D eigenvalue weighted by Crippen LogP contribution is -2.02. The van der Waals surface area contributed by atoms with Gasteiger partial charge in [0.15, 0.2) is 0 Å². The van der Waals surface area contributed by atoms with Gasteiger partial charge in [0, 0.05) is 4.90 Å². The second kappa shape index (κ2) is 5.58. The van der Waals surface area contributed by atoms with Gasteiger partial charge in [0.2, 0.25) is 0 Å². The molecular weight excluding hydrogens is 256 g/mol. The molecule has 1 aromatic carbocycles. The maximum absolute atomic E-state index is 6.19. The van der Waals surface area contributed by atoms with Gasteiger partial charge in [-0.15, -0.1) is 0 Å². The van der Waals surface area contributed by atoms with Gasteiger partial charge in [-0.2, -0.15) is 0 Å². The quantitative estimate of drug-likeness (QED) is 0.924. The first kappa shape index (κ1) is 12.5. The number of halogens is 1. The molecule has 90 valence electrons. The lowest BCUT2D eigenvalue weighted by Gasteiger charge is -2.04. The van der Waals surface area contributed by atoms with Gasteiger partial charge in [-0.25, -0.2) is 4.98 Å². The molecule has 0 aliphatic carbocycles. The van der Waals surface area contributed by atoms with E-state index in [-0.39, 0.29) is 0 Å². The van der Waals surface area contributed by atoms with Crippen LogP contribution in [0, 0.1) is 6.92 Å². The highest BCUT2D eigenvalue weighted by Gasteiger charge is 2.08. The Bertz CT molecular complexity index is 513. The van der Waals surface area contributed by atoms with E-state index >= 15 is 0 Å². The molecule has 0 fully saturated rings. The smallest absolute Gasteiger partial charge is 0.260 e. The number of hydrogen-bond donors (Lipinski definition) is 1. The normalized spacial score (nSPS) is 10.8. The summed E-state index contributed by atoms with van der Waals surface area (Å²) >= 11 is 7.61. The number of benzene rings is 1. The van der Waals surface area contributed by atoms with Crippen molar-refractivity contribution in [3.8, 4) is 0 Å². The van der Waals surface area contributed by atoms with E-state index in [0.717, 1.165) is 22.6 Å². The van der Waals surface area contributed by atoms with Crippen LogP contribution in [0.15, 0.2) is 39.0 Å². The molecule has 0 saturated heterocycles. The van der Waals surface area contributed by atoms with Gasteiger partial charge >= 0.3 is 0 Å². The molecule has 1 aromatic heterocycles. The Morgan fingerprint density at radius 3 is 2.88 bits per heavy atom. The Labute approximate surface area is 109 Å². The van der Waals surface area contributed by atoms with Gasteiger partial charge in [0.25, 0.3) is 5.22 Å². The third kappa shape index (κ3) is 3.25. The summed E-state index contributed by atoms with van der Waals surface area (Å²) in [6.07, 6.45) is 2.46. The Balaban J connectivity index is 2.16. The summed E-state index contributed by atoms with van der Waals surface area (Å²) < 4.78 is 5.27. The van der Waals surface area contributed by atoms with E-state index < -0.39 is 0 Å². The first-order chi connectivity index (χ1) is 8.19. The molecule has 2 aromatic rings. The number of hydrogen-bond acceptors (Lipinski definition) is 4. The fraction of sp³-hybridized carbons (Fsp3) is 0.250. The van der Waals surface area contributed by atoms with E-state index in [1.807, 2.05) is 25.1 Å². The summed E-state index contributed by atoms with van der Waals surface area (Å²) in [6.45, 7) is 2.52. The number of nitrogens with two attached hydrogens (primary N) is 1. The van der Waals surface area contributed by atoms with E-state index in [9.17, 15) is 0 Å². The van der Waals surface area contributed by atoms with E-state index in [1.54, 1.807) is 6.26 Å². The van der Waals surface area contributed by atoms with Gasteiger partial charge in [-0.05, 0) is 49.3 Å². The minimum atomic E-state index is 0.607. The van der Waals surface area contributed by atoms with E-state index in [2.05, 4.69) is 4.98 Å². The first-order valence-electron chi connectivity index (χ1n) is 5.27.